The second kappa shape index (κ2) is 4.79. The highest BCUT2D eigenvalue weighted by Gasteiger charge is 2.17. The zero-order valence-electron chi connectivity index (χ0n) is 9.94. The Morgan fingerprint density at radius 3 is 2.63 bits per heavy atom. The predicted molar refractivity (Wildman–Crippen MR) is 76.3 cm³/mol. The summed E-state index contributed by atoms with van der Waals surface area (Å²) in [5, 5.41) is 0.963. The van der Waals surface area contributed by atoms with E-state index in [1.54, 1.807) is 12.1 Å². The van der Waals surface area contributed by atoms with Gasteiger partial charge in [0.15, 0.2) is 0 Å². The van der Waals surface area contributed by atoms with Gasteiger partial charge in [0.2, 0.25) is 0 Å². The van der Waals surface area contributed by atoms with Crippen molar-refractivity contribution < 1.29 is 8.81 Å². The second-order valence-corrected chi connectivity index (χ2v) is 5.25. The molecule has 0 bridgehead atoms. The van der Waals surface area contributed by atoms with Gasteiger partial charge in [-0.15, -0.1) is 0 Å². The van der Waals surface area contributed by atoms with E-state index in [0.29, 0.717) is 15.8 Å². The van der Waals surface area contributed by atoms with E-state index in [1.165, 1.54) is 6.07 Å². The molecule has 0 fully saturated rings. The molecule has 2 nitrogen and oxygen atoms in total. The average Bonchev–Trinajstić information content (AvgIpc) is 2.81. The van der Waals surface area contributed by atoms with Gasteiger partial charge >= 0.3 is 0 Å². The quantitative estimate of drug-likeness (QED) is 0.761. The fraction of sp³-hybridized carbons (Fsp3) is 0.0667. The number of para-hydroxylation sites is 1. The molecule has 0 saturated carbocycles. The summed E-state index contributed by atoms with van der Waals surface area (Å²) < 4.78 is 20.2. The topological polar surface area (TPSA) is 39.2 Å². The lowest BCUT2D eigenvalue weighted by Gasteiger charge is -2.10. The fourth-order valence-corrected chi connectivity index (χ4v) is 2.40. The van der Waals surface area contributed by atoms with Crippen molar-refractivity contribution in [2.24, 2.45) is 5.73 Å². The van der Waals surface area contributed by atoms with E-state index >= 15 is 0 Å². The molecule has 1 heterocycles. The molecule has 2 aromatic carbocycles. The third kappa shape index (κ3) is 2.29. The number of hydrogen-bond acceptors (Lipinski definition) is 2. The van der Waals surface area contributed by atoms with Gasteiger partial charge in [-0.1, -0.05) is 40.2 Å². The van der Waals surface area contributed by atoms with Gasteiger partial charge in [0, 0.05) is 15.4 Å². The van der Waals surface area contributed by atoms with Crippen LogP contribution in [0.15, 0.2) is 57.4 Å². The van der Waals surface area contributed by atoms with Crippen LogP contribution in [0.3, 0.4) is 0 Å². The smallest absolute Gasteiger partial charge is 0.134 e. The van der Waals surface area contributed by atoms with E-state index in [0.717, 1.165) is 11.0 Å². The van der Waals surface area contributed by atoms with Crippen LogP contribution in [0, 0.1) is 5.82 Å². The van der Waals surface area contributed by atoms with Crippen LogP contribution in [0.5, 0.6) is 0 Å². The number of fused-ring (bicyclic) bond motifs is 1. The Balaban J connectivity index is 2.05. The molecule has 0 aliphatic carbocycles. The number of furan rings is 1. The summed E-state index contributed by atoms with van der Waals surface area (Å²) >= 11 is 3.23. The van der Waals surface area contributed by atoms with E-state index in [1.807, 2.05) is 30.3 Å². The summed E-state index contributed by atoms with van der Waals surface area (Å²) in [7, 11) is 0. The Hall–Kier alpha value is -1.65. The molecule has 0 amide bonds. The molecule has 19 heavy (non-hydrogen) atoms. The first-order valence-corrected chi connectivity index (χ1v) is 6.63. The molecule has 3 aromatic rings. The molecule has 0 saturated heterocycles. The number of hydrogen-bond donors (Lipinski definition) is 1. The maximum atomic E-state index is 13.9. The molecule has 1 atom stereocenters. The minimum absolute atomic E-state index is 0.345. The molecular formula is C15H11BrFNO. The lowest BCUT2D eigenvalue weighted by molar-refractivity contribution is 0.510. The van der Waals surface area contributed by atoms with Crippen molar-refractivity contribution in [3.63, 3.8) is 0 Å². The first-order chi connectivity index (χ1) is 9.15. The van der Waals surface area contributed by atoms with Crippen LogP contribution in [-0.4, -0.2) is 0 Å². The normalized spacial score (nSPS) is 12.8. The highest BCUT2D eigenvalue weighted by atomic mass is 79.9. The van der Waals surface area contributed by atoms with Crippen LogP contribution in [0.25, 0.3) is 11.0 Å². The van der Waals surface area contributed by atoms with Crippen LogP contribution in [0.1, 0.15) is 17.4 Å². The maximum Gasteiger partial charge on any atom is 0.134 e. The number of nitrogens with two attached hydrogens (primary N) is 1. The zero-order chi connectivity index (χ0) is 13.4. The Kier molecular flexibility index (Phi) is 3.12. The van der Waals surface area contributed by atoms with Crippen molar-refractivity contribution in [1.82, 2.24) is 0 Å². The molecule has 2 N–H and O–H groups in total. The minimum Gasteiger partial charge on any atom is -0.459 e. The zero-order valence-corrected chi connectivity index (χ0v) is 11.5. The average molecular weight is 320 g/mol. The van der Waals surface area contributed by atoms with Crippen molar-refractivity contribution in [1.29, 1.82) is 0 Å². The van der Waals surface area contributed by atoms with E-state index in [-0.39, 0.29) is 5.82 Å². The molecule has 0 aliphatic rings. The lowest BCUT2D eigenvalue weighted by atomic mass is 10.0. The summed E-state index contributed by atoms with van der Waals surface area (Å²) in [5.41, 5.74) is 7.26. The lowest BCUT2D eigenvalue weighted by Crippen LogP contribution is -2.12. The van der Waals surface area contributed by atoms with E-state index < -0.39 is 6.04 Å². The van der Waals surface area contributed by atoms with Crippen LogP contribution in [0.2, 0.25) is 0 Å². The Labute approximate surface area is 118 Å². The minimum atomic E-state index is -0.611. The van der Waals surface area contributed by atoms with Gasteiger partial charge in [0.05, 0.1) is 6.04 Å². The highest BCUT2D eigenvalue weighted by molar-refractivity contribution is 9.10. The standard InChI is InChI=1S/C15H11BrFNO/c16-10-5-6-11(12(17)8-10)15(18)14-7-9-3-1-2-4-13(9)19-14/h1-8,15H,18H2. The van der Waals surface area contributed by atoms with Crippen LogP contribution >= 0.6 is 15.9 Å². The van der Waals surface area contributed by atoms with Crippen molar-refractivity contribution in [3.05, 3.63) is 70.1 Å². The number of halogens is 2. The largest absolute Gasteiger partial charge is 0.459 e. The Bertz CT molecular complexity index is 705. The van der Waals surface area contributed by atoms with Crippen molar-refractivity contribution in [3.8, 4) is 0 Å². The fourth-order valence-electron chi connectivity index (χ4n) is 2.06. The molecule has 3 rings (SSSR count). The first kappa shape index (κ1) is 12.4. The molecule has 4 heteroatoms. The van der Waals surface area contributed by atoms with Gasteiger partial charge in [-0.3, -0.25) is 0 Å². The van der Waals surface area contributed by atoms with Crippen molar-refractivity contribution in [2.45, 2.75) is 6.04 Å². The molecule has 0 aliphatic heterocycles. The predicted octanol–water partition coefficient (Wildman–Crippen LogP) is 4.38. The van der Waals surface area contributed by atoms with E-state index in [9.17, 15) is 4.39 Å². The summed E-state index contributed by atoms with van der Waals surface area (Å²) in [4.78, 5) is 0. The van der Waals surface area contributed by atoms with Crippen LogP contribution in [0.4, 0.5) is 4.39 Å². The van der Waals surface area contributed by atoms with Crippen molar-refractivity contribution in [2.75, 3.05) is 0 Å². The first-order valence-electron chi connectivity index (χ1n) is 5.84. The van der Waals surface area contributed by atoms with Gasteiger partial charge in [0.25, 0.3) is 0 Å². The third-order valence-corrected chi connectivity index (χ3v) is 3.54. The van der Waals surface area contributed by atoms with E-state index in [4.69, 9.17) is 10.2 Å². The SMILES string of the molecule is NC(c1cc2ccccc2o1)c1ccc(Br)cc1F. The van der Waals surface area contributed by atoms with Gasteiger partial charge < -0.3 is 10.2 Å². The molecule has 1 unspecified atom stereocenters. The summed E-state index contributed by atoms with van der Waals surface area (Å²) in [6, 6.07) is 13.7. The Morgan fingerprint density at radius 1 is 1.11 bits per heavy atom. The second-order valence-electron chi connectivity index (χ2n) is 4.33. The number of rotatable bonds is 2. The maximum absolute atomic E-state index is 13.9. The summed E-state index contributed by atoms with van der Waals surface area (Å²) in [6.45, 7) is 0. The molecule has 0 spiro atoms. The monoisotopic (exact) mass is 319 g/mol. The third-order valence-electron chi connectivity index (χ3n) is 3.05. The van der Waals surface area contributed by atoms with Gasteiger partial charge in [-0.2, -0.15) is 0 Å². The molecule has 96 valence electrons. The van der Waals surface area contributed by atoms with Gasteiger partial charge in [-0.25, -0.2) is 4.39 Å². The molecular weight excluding hydrogens is 309 g/mol. The van der Waals surface area contributed by atoms with Crippen LogP contribution < -0.4 is 5.73 Å². The molecule has 1 aromatic heterocycles. The van der Waals surface area contributed by atoms with Gasteiger partial charge in [0.1, 0.15) is 17.2 Å². The Morgan fingerprint density at radius 2 is 1.89 bits per heavy atom. The van der Waals surface area contributed by atoms with Crippen LogP contribution in [-0.2, 0) is 0 Å². The summed E-state index contributed by atoms with van der Waals surface area (Å²) in [5.74, 6) is 0.213. The molecule has 0 radical (unpaired) electrons. The van der Waals surface area contributed by atoms with Gasteiger partial charge in [-0.05, 0) is 24.3 Å². The van der Waals surface area contributed by atoms with Crippen molar-refractivity contribution >= 4 is 26.9 Å². The van der Waals surface area contributed by atoms with E-state index in [2.05, 4.69) is 15.9 Å². The highest BCUT2D eigenvalue weighted by Crippen LogP contribution is 2.28. The summed E-state index contributed by atoms with van der Waals surface area (Å²) in [6.07, 6.45) is 0. The number of benzene rings is 2.